The van der Waals surface area contributed by atoms with Crippen LogP contribution in [0.4, 0.5) is 5.69 Å². The molecule has 136 valence electrons. The smallest absolute Gasteiger partial charge is 0.306 e. The van der Waals surface area contributed by atoms with Gasteiger partial charge in [0.25, 0.3) is 0 Å². The third kappa shape index (κ3) is 5.73. The lowest BCUT2D eigenvalue weighted by molar-refractivity contribution is -0.142. The van der Waals surface area contributed by atoms with Crippen molar-refractivity contribution in [2.45, 2.75) is 19.8 Å². The number of hydrogen-bond acceptors (Lipinski definition) is 5. The topological polar surface area (TPSA) is 81.7 Å². The summed E-state index contributed by atoms with van der Waals surface area (Å²) < 4.78 is 10.3. The number of ketones is 1. The van der Waals surface area contributed by atoms with Crippen LogP contribution in [0, 0.1) is 0 Å². The molecule has 0 aromatic heterocycles. The van der Waals surface area contributed by atoms with E-state index >= 15 is 0 Å². The van der Waals surface area contributed by atoms with Gasteiger partial charge in [-0.3, -0.25) is 14.4 Å². The van der Waals surface area contributed by atoms with E-state index in [-0.39, 0.29) is 24.7 Å². The van der Waals surface area contributed by atoms with Gasteiger partial charge in [-0.25, -0.2) is 0 Å². The molecule has 0 bridgehead atoms. The van der Waals surface area contributed by atoms with Gasteiger partial charge in [0.05, 0.1) is 7.11 Å². The summed E-state index contributed by atoms with van der Waals surface area (Å²) in [5.41, 5.74) is 1.92. The number of benzene rings is 2. The number of hydrogen-bond donors (Lipinski definition) is 1. The lowest BCUT2D eigenvalue weighted by Crippen LogP contribution is -2.15. The summed E-state index contributed by atoms with van der Waals surface area (Å²) in [6.07, 6.45) is 0.636. The van der Waals surface area contributed by atoms with Gasteiger partial charge in [0.15, 0.2) is 12.4 Å². The molecular formula is C20H21NO5. The highest BCUT2D eigenvalue weighted by Crippen LogP contribution is 2.19. The molecule has 0 atom stereocenters. The molecule has 26 heavy (non-hydrogen) atoms. The van der Waals surface area contributed by atoms with E-state index in [0.29, 0.717) is 17.7 Å². The van der Waals surface area contributed by atoms with Crippen LogP contribution in [0.5, 0.6) is 5.75 Å². The molecule has 0 aliphatic heterocycles. The van der Waals surface area contributed by atoms with Crippen LogP contribution in [-0.2, 0) is 20.7 Å². The number of Topliss-reactive ketones (excluding diaryl/α,β-unsaturated/α-hetero) is 1. The van der Waals surface area contributed by atoms with E-state index < -0.39 is 5.97 Å². The predicted molar refractivity (Wildman–Crippen MR) is 97.4 cm³/mol. The minimum Gasteiger partial charge on any atom is -0.496 e. The Labute approximate surface area is 152 Å². The molecule has 0 saturated heterocycles. The summed E-state index contributed by atoms with van der Waals surface area (Å²) in [6.45, 7) is 1.09. The lowest BCUT2D eigenvalue weighted by atomic mass is 10.1. The van der Waals surface area contributed by atoms with Crippen LogP contribution in [0.1, 0.15) is 29.3 Å². The third-order valence-corrected chi connectivity index (χ3v) is 3.68. The van der Waals surface area contributed by atoms with Gasteiger partial charge < -0.3 is 14.8 Å². The molecule has 0 unspecified atom stereocenters. The van der Waals surface area contributed by atoms with Crippen molar-refractivity contribution in [3.8, 4) is 5.75 Å². The number of ether oxygens (including phenoxy) is 2. The van der Waals surface area contributed by atoms with Crippen molar-refractivity contribution in [1.82, 2.24) is 0 Å². The molecule has 0 aliphatic carbocycles. The van der Waals surface area contributed by atoms with Crippen LogP contribution >= 0.6 is 0 Å². The van der Waals surface area contributed by atoms with Crippen LogP contribution < -0.4 is 10.1 Å². The van der Waals surface area contributed by atoms with Gasteiger partial charge in [0.2, 0.25) is 5.91 Å². The number of amides is 1. The third-order valence-electron chi connectivity index (χ3n) is 3.68. The molecule has 0 spiro atoms. The van der Waals surface area contributed by atoms with E-state index in [2.05, 4.69) is 5.32 Å². The first-order valence-electron chi connectivity index (χ1n) is 8.18. The molecule has 2 aromatic carbocycles. The van der Waals surface area contributed by atoms with Crippen molar-refractivity contribution in [2.24, 2.45) is 0 Å². The number of anilines is 1. The van der Waals surface area contributed by atoms with E-state index in [1.165, 1.54) is 6.92 Å². The first-order chi connectivity index (χ1) is 12.5. The van der Waals surface area contributed by atoms with E-state index in [1.54, 1.807) is 31.4 Å². The summed E-state index contributed by atoms with van der Waals surface area (Å²) in [5, 5.41) is 2.62. The molecular weight excluding hydrogens is 334 g/mol. The first-order valence-corrected chi connectivity index (χ1v) is 8.18. The number of esters is 1. The molecule has 2 rings (SSSR count). The standard InChI is InChI=1S/C20H21NO5/c1-14(22)21-17-10-7-15(8-11-17)18(23)13-26-20(24)12-9-16-5-3-4-6-19(16)25-2/h3-8,10-11H,9,12-13H2,1-2H3,(H,21,22). The molecule has 6 nitrogen and oxygen atoms in total. The fraction of sp³-hybridized carbons (Fsp3) is 0.250. The normalized spacial score (nSPS) is 10.1. The predicted octanol–water partition coefficient (Wildman–Crippen LogP) is 3.01. The highest BCUT2D eigenvalue weighted by molar-refractivity contribution is 5.98. The second-order valence-corrected chi connectivity index (χ2v) is 5.65. The SMILES string of the molecule is COc1ccccc1CCC(=O)OCC(=O)c1ccc(NC(C)=O)cc1. The maximum atomic E-state index is 12.1. The lowest BCUT2D eigenvalue weighted by Gasteiger charge is -2.08. The molecule has 0 aliphatic rings. The van der Waals surface area contributed by atoms with E-state index in [9.17, 15) is 14.4 Å². The Kier molecular flexibility index (Phi) is 6.91. The zero-order valence-corrected chi connectivity index (χ0v) is 14.8. The molecule has 0 saturated carbocycles. The van der Waals surface area contributed by atoms with Gasteiger partial charge in [-0.05, 0) is 42.3 Å². The molecule has 0 heterocycles. The average Bonchev–Trinajstić information content (AvgIpc) is 2.64. The largest absolute Gasteiger partial charge is 0.496 e. The molecule has 1 amide bonds. The summed E-state index contributed by atoms with van der Waals surface area (Å²) in [5.74, 6) is -0.215. The Hall–Kier alpha value is -3.15. The van der Waals surface area contributed by atoms with Crippen LogP contribution in [0.2, 0.25) is 0 Å². The van der Waals surface area contributed by atoms with Gasteiger partial charge in [-0.2, -0.15) is 0 Å². The van der Waals surface area contributed by atoms with E-state index in [1.807, 2.05) is 24.3 Å². The van der Waals surface area contributed by atoms with Crippen LogP contribution in [0.15, 0.2) is 48.5 Å². The number of carbonyl (C=O) groups excluding carboxylic acids is 3. The van der Waals surface area contributed by atoms with Crippen molar-refractivity contribution in [3.05, 3.63) is 59.7 Å². The Morgan fingerprint density at radius 1 is 1.00 bits per heavy atom. The summed E-state index contributed by atoms with van der Waals surface area (Å²) >= 11 is 0. The summed E-state index contributed by atoms with van der Waals surface area (Å²) in [4.78, 5) is 34.9. The minimum absolute atomic E-state index is 0.162. The Bertz CT molecular complexity index is 783. The number of para-hydroxylation sites is 1. The number of nitrogens with one attached hydrogen (secondary N) is 1. The molecule has 0 fully saturated rings. The highest BCUT2D eigenvalue weighted by Gasteiger charge is 2.11. The monoisotopic (exact) mass is 355 g/mol. The summed E-state index contributed by atoms with van der Waals surface area (Å²) in [7, 11) is 1.58. The van der Waals surface area contributed by atoms with Crippen LogP contribution in [0.3, 0.4) is 0 Å². The second kappa shape index (κ2) is 9.36. The van der Waals surface area contributed by atoms with Crippen molar-refractivity contribution in [1.29, 1.82) is 0 Å². The Morgan fingerprint density at radius 2 is 1.69 bits per heavy atom. The summed E-state index contributed by atoms with van der Waals surface area (Å²) in [6, 6.07) is 13.8. The van der Waals surface area contributed by atoms with Crippen molar-refractivity contribution < 1.29 is 23.9 Å². The number of carbonyl (C=O) groups is 3. The number of methoxy groups -OCH3 is 1. The van der Waals surface area contributed by atoms with Gasteiger partial charge >= 0.3 is 5.97 Å². The van der Waals surface area contributed by atoms with E-state index in [0.717, 1.165) is 11.3 Å². The van der Waals surface area contributed by atoms with Gasteiger partial charge in [0, 0.05) is 24.6 Å². The van der Waals surface area contributed by atoms with Gasteiger partial charge in [0.1, 0.15) is 5.75 Å². The molecule has 1 N–H and O–H groups in total. The Morgan fingerprint density at radius 3 is 2.35 bits per heavy atom. The number of aryl methyl sites for hydroxylation is 1. The fourth-order valence-corrected chi connectivity index (χ4v) is 2.39. The van der Waals surface area contributed by atoms with E-state index in [4.69, 9.17) is 9.47 Å². The average molecular weight is 355 g/mol. The maximum absolute atomic E-state index is 12.1. The Balaban J connectivity index is 1.81. The first kappa shape index (κ1) is 19.2. The van der Waals surface area contributed by atoms with Crippen LogP contribution in [0.25, 0.3) is 0 Å². The zero-order chi connectivity index (χ0) is 18.9. The van der Waals surface area contributed by atoms with Crippen molar-refractivity contribution >= 4 is 23.3 Å². The maximum Gasteiger partial charge on any atom is 0.306 e. The fourth-order valence-electron chi connectivity index (χ4n) is 2.39. The molecule has 2 aromatic rings. The molecule has 6 heteroatoms. The quantitative estimate of drug-likeness (QED) is 0.581. The van der Waals surface area contributed by atoms with Gasteiger partial charge in [-0.15, -0.1) is 0 Å². The van der Waals surface area contributed by atoms with Gasteiger partial charge in [-0.1, -0.05) is 18.2 Å². The van der Waals surface area contributed by atoms with Crippen molar-refractivity contribution in [3.63, 3.8) is 0 Å². The van der Waals surface area contributed by atoms with Crippen LogP contribution in [-0.4, -0.2) is 31.4 Å². The molecule has 0 radical (unpaired) electrons. The zero-order valence-electron chi connectivity index (χ0n) is 14.8. The highest BCUT2D eigenvalue weighted by atomic mass is 16.5. The van der Waals surface area contributed by atoms with Crippen molar-refractivity contribution in [2.75, 3.05) is 19.0 Å². The minimum atomic E-state index is -0.445. The second-order valence-electron chi connectivity index (χ2n) is 5.65. The number of rotatable bonds is 8.